The van der Waals surface area contributed by atoms with Crippen molar-refractivity contribution >= 4 is 5.84 Å². The first-order valence-corrected chi connectivity index (χ1v) is 4.32. The highest BCUT2D eigenvalue weighted by molar-refractivity contribution is 5.86. The second-order valence-corrected chi connectivity index (χ2v) is 3.65. The van der Waals surface area contributed by atoms with Crippen LogP contribution >= 0.6 is 0 Å². The third kappa shape index (κ3) is 1.13. The Morgan fingerprint density at radius 1 is 1.45 bits per heavy atom. The predicted molar refractivity (Wildman–Crippen MR) is 45.9 cm³/mol. The molecule has 2 aliphatic heterocycles. The highest BCUT2D eigenvalue weighted by atomic mass is 15.2. The highest BCUT2D eigenvalue weighted by Crippen LogP contribution is 2.14. The lowest BCUT2D eigenvalue weighted by atomic mass is 10.2. The summed E-state index contributed by atoms with van der Waals surface area (Å²) < 4.78 is 0. The molecule has 0 radical (unpaired) electrons. The number of hydrogen-bond donors (Lipinski definition) is 2. The van der Waals surface area contributed by atoms with Crippen LogP contribution in [0.5, 0.6) is 0 Å². The zero-order valence-electron chi connectivity index (χ0n) is 7.09. The number of rotatable bonds is 1. The molecule has 2 heterocycles. The highest BCUT2D eigenvalue weighted by Gasteiger charge is 2.32. The molecule has 62 valence electrons. The van der Waals surface area contributed by atoms with Crippen LogP contribution in [0.4, 0.5) is 0 Å². The van der Waals surface area contributed by atoms with Gasteiger partial charge >= 0.3 is 0 Å². The topological polar surface area (TPSA) is 36.4 Å². The Morgan fingerprint density at radius 2 is 2.27 bits per heavy atom. The van der Waals surface area contributed by atoms with Gasteiger partial charge < -0.3 is 10.6 Å². The first-order valence-electron chi connectivity index (χ1n) is 4.32. The lowest BCUT2D eigenvalue weighted by Crippen LogP contribution is -2.36. The standard InChI is InChI=1S/C8H15N3/c1-5(2)8-10-6-3-9-4-7(6)11-8/h5-7,9H,3-4H2,1-2H3,(H,10,11). The summed E-state index contributed by atoms with van der Waals surface area (Å²) >= 11 is 0. The molecule has 0 saturated carbocycles. The maximum Gasteiger partial charge on any atom is 0.0997 e. The molecular formula is C8H15N3. The number of hydrogen-bond acceptors (Lipinski definition) is 3. The molecule has 2 N–H and O–H groups in total. The van der Waals surface area contributed by atoms with Crippen molar-refractivity contribution in [3.05, 3.63) is 0 Å². The summed E-state index contributed by atoms with van der Waals surface area (Å²) in [5, 5.41) is 6.75. The van der Waals surface area contributed by atoms with Crippen molar-refractivity contribution in [2.24, 2.45) is 10.9 Å². The average Bonchev–Trinajstić information content (AvgIpc) is 2.40. The minimum Gasteiger partial charge on any atom is -0.367 e. The average molecular weight is 153 g/mol. The monoisotopic (exact) mass is 153 g/mol. The normalized spacial score (nSPS) is 35.4. The van der Waals surface area contributed by atoms with Crippen LogP contribution in [0.2, 0.25) is 0 Å². The molecule has 1 fully saturated rings. The van der Waals surface area contributed by atoms with Crippen LogP contribution in [0.1, 0.15) is 13.8 Å². The minimum atomic E-state index is 0.507. The van der Waals surface area contributed by atoms with Crippen molar-refractivity contribution in [2.75, 3.05) is 13.1 Å². The molecule has 2 unspecified atom stereocenters. The Kier molecular flexibility index (Phi) is 1.60. The summed E-state index contributed by atoms with van der Waals surface area (Å²) in [5.41, 5.74) is 0. The Labute approximate surface area is 67.3 Å². The van der Waals surface area contributed by atoms with Gasteiger partial charge in [-0.2, -0.15) is 0 Å². The van der Waals surface area contributed by atoms with Gasteiger partial charge in [-0.1, -0.05) is 13.8 Å². The second kappa shape index (κ2) is 2.48. The van der Waals surface area contributed by atoms with E-state index in [1.54, 1.807) is 0 Å². The van der Waals surface area contributed by atoms with E-state index in [-0.39, 0.29) is 0 Å². The third-order valence-corrected chi connectivity index (χ3v) is 2.37. The number of aliphatic imine (C=N–C) groups is 1. The fourth-order valence-electron chi connectivity index (χ4n) is 1.67. The Bertz CT molecular complexity index is 186. The van der Waals surface area contributed by atoms with Gasteiger partial charge in [-0.3, -0.25) is 4.99 Å². The van der Waals surface area contributed by atoms with Crippen molar-refractivity contribution in [1.82, 2.24) is 10.6 Å². The molecule has 3 heteroatoms. The summed E-state index contributed by atoms with van der Waals surface area (Å²) in [6.45, 7) is 6.49. The van der Waals surface area contributed by atoms with E-state index in [2.05, 4.69) is 29.5 Å². The Balaban J connectivity index is 2.07. The number of nitrogens with one attached hydrogen (secondary N) is 2. The van der Waals surface area contributed by atoms with Crippen molar-refractivity contribution in [2.45, 2.75) is 25.9 Å². The molecular weight excluding hydrogens is 138 g/mol. The molecule has 0 amide bonds. The van der Waals surface area contributed by atoms with Gasteiger partial charge in [-0.15, -0.1) is 0 Å². The molecule has 2 rings (SSSR count). The van der Waals surface area contributed by atoms with Crippen LogP contribution in [0.15, 0.2) is 4.99 Å². The van der Waals surface area contributed by atoms with Crippen molar-refractivity contribution in [3.8, 4) is 0 Å². The van der Waals surface area contributed by atoms with Gasteiger partial charge in [0.2, 0.25) is 0 Å². The molecule has 2 aliphatic rings. The van der Waals surface area contributed by atoms with Crippen LogP contribution in [-0.4, -0.2) is 31.0 Å². The summed E-state index contributed by atoms with van der Waals surface area (Å²) in [6.07, 6.45) is 0. The van der Waals surface area contributed by atoms with Crippen molar-refractivity contribution in [3.63, 3.8) is 0 Å². The number of fused-ring (bicyclic) bond motifs is 1. The fourth-order valence-corrected chi connectivity index (χ4v) is 1.67. The SMILES string of the molecule is CC(C)C1=NC2CNCC2N1. The molecule has 0 spiro atoms. The predicted octanol–water partition coefficient (Wildman–Crippen LogP) is -0.0155. The summed E-state index contributed by atoms with van der Waals surface area (Å²) in [5.74, 6) is 1.75. The van der Waals surface area contributed by atoms with E-state index < -0.39 is 0 Å². The fraction of sp³-hybridized carbons (Fsp3) is 0.875. The van der Waals surface area contributed by atoms with E-state index in [4.69, 9.17) is 0 Å². The van der Waals surface area contributed by atoms with Gasteiger partial charge in [-0.25, -0.2) is 0 Å². The lowest BCUT2D eigenvalue weighted by molar-refractivity contribution is 0.631. The first-order chi connectivity index (χ1) is 5.27. The summed E-state index contributed by atoms with van der Waals surface area (Å²) in [7, 11) is 0. The van der Waals surface area contributed by atoms with Gasteiger partial charge in [-0.05, 0) is 0 Å². The van der Waals surface area contributed by atoms with Crippen LogP contribution in [0.25, 0.3) is 0 Å². The maximum absolute atomic E-state index is 4.59. The molecule has 2 atom stereocenters. The summed E-state index contributed by atoms with van der Waals surface area (Å²) in [4.78, 5) is 4.59. The zero-order valence-corrected chi connectivity index (χ0v) is 7.09. The largest absolute Gasteiger partial charge is 0.367 e. The number of amidine groups is 1. The van der Waals surface area contributed by atoms with Gasteiger partial charge in [0.05, 0.1) is 17.9 Å². The van der Waals surface area contributed by atoms with E-state index >= 15 is 0 Å². The molecule has 3 nitrogen and oxygen atoms in total. The molecule has 0 aromatic rings. The van der Waals surface area contributed by atoms with Crippen LogP contribution < -0.4 is 10.6 Å². The molecule has 0 bridgehead atoms. The van der Waals surface area contributed by atoms with E-state index in [1.165, 1.54) is 5.84 Å². The van der Waals surface area contributed by atoms with E-state index in [1.807, 2.05) is 0 Å². The van der Waals surface area contributed by atoms with Gasteiger partial charge in [0.25, 0.3) is 0 Å². The lowest BCUT2D eigenvalue weighted by Gasteiger charge is -2.09. The molecule has 11 heavy (non-hydrogen) atoms. The molecule has 1 saturated heterocycles. The van der Waals surface area contributed by atoms with Crippen LogP contribution in [0, 0.1) is 5.92 Å². The van der Waals surface area contributed by atoms with E-state index in [9.17, 15) is 0 Å². The Morgan fingerprint density at radius 3 is 2.91 bits per heavy atom. The first kappa shape index (κ1) is 7.10. The summed E-state index contributed by atoms with van der Waals surface area (Å²) in [6, 6.07) is 1.08. The molecule has 0 aromatic carbocycles. The smallest absolute Gasteiger partial charge is 0.0997 e. The molecule has 0 aromatic heterocycles. The van der Waals surface area contributed by atoms with Gasteiger partial charge in [0.15, 0.2) is 0 Å². The quantitative estimate of drug-likeness (QED) is 0.555. The van der Waals surface area contributed by atoms with Crippen LogP contribution in [0.3, 0.4) is 0 Å². The van der Waals surface area contributed by atoms with Gasteiger partial charge in [0.1, 0.15) is 0 Å². The second-order valence-electron chi connectivity index (χ2n) is 3.65. The van der Waals surface area contributed by atoms with E-state index in [0.29, 0.717) is 18.0 Å². The van der Waals surface area contributed by atoms with Gasteiger partial charge in [0, 0.05) is 19.0 Å². The zero-order chi connectivity index (χ0) is 7.84. The van der Waals surface area contributed by atoms with Crippen molar-refractivity contribution < 1.29 is 0 Å². The molecule has 0 aliphatic carbocycles. The third-order valence-electron chi connectivity index (χ3n) is 2.37. The van der Waals surface area contributed by atoms with E-state index in [0.717, 1.165) is 13.1 Å². The minimum absolute atomic E-state index is 0.507. The number of nitrogens with zero attached hydrogens (tertiary/aromatic N) is 1. The Hall–Kier alpha value is -0.570. The van der Waals surface area contributed by atoms with Crippen molar-refractivity contribution in [1.29, 1.82) is 0 Å². The maximum atomic E-state index is 4.59. The van der Waals surface area contributed by atoms with Crippen LogP contribution in [-0.2, 0) is 0 Å².